The van der Waals surface area contributed by atoms with Gasteiger partial charge >= 0.3 is 0 Å². The summed E-state index contributed by atoms with van der Waals surface area (Å²) in [5, 5.41) is 0. The standard InChI is InChI=1S/C19H29N5O/c1-15-6-7-16(2)24(15)17(3)19(25)23-10-5-9-22(12-13-23)14-18-20-8-11-21(18)4/h6-8,11,17H,5,9-10,12-14H2,1-4H3/t17-/m1/s1. The van der Waals surface area contributed by atoms with Crippen LogP contribution in [0.15, 0.2) is 24.5 Å². The quantitative estimate of drug-likeness (QED) is 0.854. The molecule has 2 aromatic rings. The normalized spacial score (nSPS) is 17.5. The van der Waals surface area contributed by atoms with Gasteiger partial charge in [-0.25, -0.2) is 4.98 Å². The predicted octanol–water partition coefficient (Wildman–Crippen LogP) is 2.13. The second kappa shape index (κ2) is 7.44. The zero-order chi connectivity index (χ0) is 18.0. The van der Waals surface area contributed by atoms with Crippen molar-refractivity contribution in [3.05, 3.63) is 41.7 Å². The minimum atomic E-state index is -0.143. The van der Waals surface area contributed by atoms with Crippen molar-refractivity contribution in [3.63, 3.8) is 0 Å². The summed E-state index contributed by atoms with van der Waals surface area (Å²) in [4.78, 5) is 21.8. The number of amides is 1. The molecule has 1 saturated heterocycles. The highest BCUT2D eigenvalue weighted by atomic mass is 16.2. The largest absolute Gasteiger partial charge is 0.340 e. The summed E-state index contributed by atoms with van der Waals surface area (Å²) >= 11 is 0. The SMILES string of the molecule is Cc1ccc(C)n1[C@H](C)C(=O)N1CCCN(Cc2nccn2C)CC1. The molecule has 1 aliphatic rings. The van der Waals surface area contributed by atoms with Gasteiger partial charge in [-0.1, -0.05) is 0 Å². The van der Waals surface area contributed by atoms with Gasteiger partial charge in [0, 0.05) is 57.0 Å². The molecule has 1 amide bonds. The van der Waals surface area contributed by atoms with Crippen LogP contribution in [0.25, 0.3) is 0 Å². The van der Waals surface area contributed by atoms with Crippen molar-refractivity contribution in [1.29, 1.82) is 0 Å². The number of rotatable bonds is 4. The highest BCUT2D eigenvalue weighted by Gasteiger charge is 2.25. The van der Waals surface area contributed by atoms with Crippen LogP contribution in [0.5, 0.6) is 0 Å². The smallest absolute Gasteiger partial charge is 0.245 e. The maximum atomic E-state index is 13.0. The maximum Gasteiger partial charge on any atom is 0.245 e. The lowest BCUT2D eigenvalue weighted by Crippen LogP contribution is -2.39. The van der Waals surface area contributed by atoms with E-state index in [-0.39, 0.29) is 11.9 Å². The lowest BCUT2D eigenvalue weighted by Gasteiger charge is -2.27. The van der Waals surface area contributed by atoms with Crippen molar-refractivity contribution in [3.8, 4) is 0 Å². The Morgan fingerprint density at radius 2 is 1.88 bits per heavy atom. The van der Waals surface area contributed by atoms with Crippen LogP contribution >= 0.6 is 0 Å². The minimum absolute atomic E-state index is 0.143. The third-order valence-electron chi connectivity index (χ3n) is 5.26. The molecule has 0 aromatic carbocycles. The molecular weight excluding hydrogens is 314 g/mol. The molecule has 1 aliphatic heterocycles. The summed E-state index contributed by atoms with van der Waals surface area (Å²) in [5.41, 5.74) is 2.29. The molecule has 0 bridgehead atoms. The minimum Gasteiger partial charge on any atom is -0.340 e. The van der Waals surface area contributed by atoms with Crippen LogP contribution in [0.3, 0.4) is 0 Å². The van der Waals surface area contributed by atoms with E-state index in [0.29, 0.717) is 0 Å². The molecule has 136 valence electrons. The molecule has 3 rings (SSSR count). The fraction of sp³-hybridized carbons (Fsp3) is 0.579. The number of nitrogens with zero attached hydrogens (tertiary/aromatic N) is 5. The average molecular weight is 343 g/mol. The summed E-state index contributed by atoms with van der Waals surface area (Å²) in [6.45, 7) is 10.5. The average Bonchev–Trinajstić information content (AvgIpc) is 3.04. The molecular formula is C19H29N5O. The van der Waals surface area contributed by atoms with Gasteiger partial charge in [-0.3, -0.25) is 9.69 Å². The van der Waals surface area contributed by atoms with Crippen molar-refractivity contribution < 1.29 is 4.79 Å². The number of imidazole rings is 1. The van der Waals surface area contributed by atoms with E-state index in [2.05, 4.69) is 45.0 Å². The van der Waals surface area contributed by atoms with Crippen molar-refractivity contribution >= 4 is 5.91 Å². The first-order valence-corrected chi connectivity index (χ1v) is 9.09. The van der Waals surface area contributed by atoms with Crippen LogP contribution < -0.4 is 0 Å². The van der Waals surface area contributed by atoms with Crippen LogP contribution in [-0.4, -0.2) is 56.0 Å². The molecule has 6 heteroatoms. The van der Waals surface area contributed by atoms with Gasteiger partial charge < -0.3 is 14.0 Å². The summed E-state index contributed by atoms with van der Waals surface area (Å²) in [7, 11) is 2.03. The fourth-order valence-corrected chi connectivity index (χ4v) is 3.76. The van der Waals surface area contributed by atoms with E-state index in [1.807, 2.05) is 31.3 Å². The van der Waals surface area contributed by atoms with Crippen LogP contribution in [0.2, 0.25) is 0 Å². The van der Waals surface area contributed by atoms with Crippen LogP contribution in [0.4, 0.5) is 0 Å². The maximum absolute atomic E-state index is 13.0. The summed E-state index contributed by atoms with van der Waals surface area (Å²) < 4.78 is 4.20. The fourth-order valence-electron chi connectivity index (χ4n) is 3.76. The zero-order valence-corrected chi connectivity index (χ0v) is 15.8. The number of aryl methyl sites for hydroxylation is 3. The van der Waals surface area contributed by atoms with Gasteiger partial charge in [0.15, 0.2) is 0 Å². The third-order valence-corrected chi connectivity index (χ3v) is 5.26. The topological polar surface area (TPSA) is 46.3 Å². The van der Waals surface area contributed by atoms with Crippen molar-refractivity contribution in [1.82, 2.24) is 23.9 Å². The molecule has 0 N–H and O–H groups in total. The Morgan fingerprint density at radius 1 is 1.16 bits per heavy atom. The summed E-state index contributed by atoms with van der Waals surface area (Å²) in [5.74, 6) is 1.30. The Balaban J connectivity index is 1.62. The van der Waals surface area contributed by atoms with Gasteiger partial charge in [-0.05, 0) is 39.3 Å². The Morgan fingerprint density at radius 3 is 2.52 bits per heavy atom. The monoisotopic (exact) mass is 343 g/mol. The van der Waals surface area contributed by atoms with E-state index >= 15 is 0 Å². The molecule has 6 nitrogen and oxygen atoms in total. The first kappa shape index (κ1) is 17.7. The van der Waals surface area contributed by atoms with Crippen LogP contribution in [0, 0.1) is 13.8 Å². The number of carbonyl (C=O) groups excluding carboxylic acids is 1. The van der Waals surface area contributed by atoms with E-state index in [1.54, 1.807) is 0 Å². The van der Waals surface area contributed by atoms with E-state index in [4.69, 9.17) is 0 Å². The second-order valence-electron chi connectivity index (χ2n) is 7.07. The number of hydrogen-bond donors (Lipinski definition) is 0. The van der Waals surface area contributed by atoms with Gasteiger partial charge in [0.25, 0.3) is 0 Å². The van der Waals surface area contributed by atoms with Gasteiger partial charge in [-0.15, -0.1) is 0 Å². The van der Waals surface area contributed by atoms with Gasteiger partial charge in [0.1, 0.15) is 11.9 Å². The number of hydrogen-bond acceptors (Lipinski definition) is 3. The van der Waals surface area contributed by atoms with Crippen LogP contribution in [-0.2, 0) is 18.4 Å². The molecule has 0 spiro atoms. The Hall–Kier alpha value is -2.08. The summed E-state index contributed by atoms with van der Waals surface area (Å²) in [6, 6.07) is 4.02. The third kappa shape index (κ3) is 3.79. The summed E-state index contributed by atoms with van der Waals surface area (Å²) in [6.07, 6.45) is 4.82. The molecule has 2 aromatic heterocycles. The number of aromatic nitrogens is 3. The zero-order valence-electron chi connectivity index (χ0n) is 15.8. The first-order chi connectivity index (χ1) is 12.0. The molecule has 25 heavy (non-hydrogen) atoms. The molecule has 0 radical (unpaired) electrons. The molecule has 1 atom stereocenters. The molecule has 3 heterocycles. The molecule has 1 fully saturated rings. The molecule has 0 unspecified atom stereocenters. The number of carbonyl (C=O) groups is 1. The highest BCUT2D eigenvalue weighted by Crippen LogP contribution is 2.19. The van der Waals surface area contributed by atoms with Crippen LogP contribution in [0.1, 0.15) is 36.6 Å². The Kier molecular flexibility index (Phi) is 5.27. The molecule has 0 saturated carbocycles. The van der Waals surface area contributed by atoms with E-state index in [9.17, 15) is 4.79 Å². The van der Waals surface area contributed by atoms with Crippen molar-refractivity contribution in [2.75, 3.05) is 26.2 Å². The van der Waals surface area contributed by atoms with Gasteiger partial charge in [0.05, 0.1) is 6.54 Å². The van der Waals surface area contributed by atoms with E-state index in [0.717, 1.165) is 56.4 Å². The van der Waals surface area contributed by atoms with Crippen molar-refractivity contribution in [2.24, 2.45) is 7.05 Å². The van der Waals surface area contributed by atoms with E-state index in [1.165, 1.54) is 0 Å². The second-order valence-corrected chi connectivity index (χ2v) is 7.07. The van der Waals surface area contributed by atoms with Gasteiger partial charge in [-0.2, -0.15) is 0 Å². The lowest BCUT2D eigenvalue weighted by atomic mass is 10.2. The highest BCUT2D eigenvalue weighted by molar-refractivity contribution is 5.80. The first-order valence-electron chi connectivity index (χ1n) is 9.09. The lowest BCUT2D eigenvalue weighted by molar-refractivity contribution is -0.134. The van der Waals surface area contributed by atoms with Gasteiger partial charge in [0.2, 0.25) is 5.91 Å². The Bertz CT molecular complexity index is 713. The van der Waals surface area contributed by atoms with E-state index < -0.39 is 0 Å². The van der Waals surface area contributed by atoms with Crippen molar-refractivity contribution in [2.45, 2.75) is 39.8 Å². The molecule has 0 aliphatic carbocycles. The predicted molar refractivity (Wildman–Crippen MR) is 98.3 cm³/mol. The Labute approximate surface area is 150 Å².